The molecule has 0 radical (unpaired) electrons. The maximum absolute atomic E-state index is 12.9. The van der Waals surface area contributed by atoms with Gasteiger partial charge in [0.1, 0.15) is 5.76 Å². The van der Waals surface area contributed by atoms with Gasteiger partial charge in [-0.05, 0) is 19.4 Å². The van der Waals surface area contributed by atoms with Crippen LogP contribution in [0.1, 0.15) is 51.7 Å². The largest absolute Gasteiger partial charge is 0.444 e. The zero-order valence-electron chi connectivity index (χ0n) is 15.1. The van der Waals surface area contributed by atoms with Crippen molar-refractivity contribution in [2.45, 2.75) is 58.0 Å². The predicted octanol–water partition coefficient (Wildman–Crippen LogP) is 2.19. The molecule has 2 saturated heterocycles. The first kappa shape index (κ1) is 17.4. The molecule has 1 aromatic rings. The van der Waals surface area contributed by atoms with Crippen molar-refractivity contribution in [3.63, 3.8) is 0 Å². The molecule has 3 heterocycles. The summed E-state index contributed by atoms with van der Waals surface area (Å²) >= 11 is 0. The van der Waals surface area contributed by atoms with Crippen LogP contribution in [0, 0.1) is 0 Å². The molecule has 3 rings (SSSR count). The van der Waals surface area contributed by atoms with E-state index in [4.69, 9.17) is 9.15 Å². The van der Waals surface area contributed by atoms with E-state index in [0.29, 0.717) is 38.7 Å². The number of likely N-dealkylation sites (tertiary alicyclic amines) is 1. The minimum Gasteiger partial charge on any atom is -0.444 e. The van der Waals surface area contributed by atoms with E-state index in [2.05, 4.69) is 30.7 Å². The zero-order valence-corrected chi connectivity index (χ0v) is 15.1. The molecule has 24 heavy (non-hydrogen) atoms. The number of rotatable bonds is 3. The summed E-state index contributed by atoms with van der Waals surface area (Å²) in [6.07, 6.45) is 4.97. The van der Waals surface area contributed by atoms with Crippen LogP contribution in [-0.2, 0) is 21.5 Å². The Morgan fingerprint density at radius 2 is 2.00 bits per heavy atom. The highest BCUT2D eigenvalue weighted by molar-refractivity contribution is 5.82. The minimum atomic E-state index is -0.0539. The lowest BCUT2D eigenvalue weighted by molar-refractivity contribution is -0.142. The lowest BCUT2D eigenvalue weighted by atomic mass is 9.94. The maximum atomic E-state index is 12.9. The summed E-state index contributed by atoms with van der Waals surface area (Å²) in [6, 6.07) is -0.0539. The molecule has 1 atom stereocenters. The van der Waals surface area contributed by atoms with Gasteiger partial charge in [0.2, 0.25) is 11.8 Å². The highest BCUT2D eigenvalue weighted by Gasteiger charge is 2.33. The molecular formula is C18H29N3O3. The molecule has 0 bridgehead atoms. The van der Waals surface area contributed by atoms with Crippen molar-refractivity contribution in [3.8, 4) is 0 Å². The van der Waals surface area contributed by atoms with E-state index >= 15 is 0 Å². The number of ether oxygens (including phenoxy) is 1. The van der Waals surface area contributed by atoms with Crippen molar-refractivity contribution in [1.82, 2.24) is 14.8 Å². The first-order valence-corrected chi connectivity index (χ1v) is 9.01. The van der Waals surface area contributed by atoms with Crippen LogP contribution in [0.4, 0.5) is 0 Å². The number of aromatic nitrogens is 1. The van der Waals surface area contributed by atoms with E-state index in [-0.39, 0.29) is 17.4 Å². The molecule has 0 aromatic carbocycles. The molecule has 1 aromatic heterocycles. The number of morpholine rings is 1. The monoisotopic (exact) mass is 335 g/mol. The van der Waals surface area contributed by atoms with Gasteiger partial charge in [-0.2, -0.15) is 0 Å². The summed E-state index contributed by atoms with van der Waals surface area (Å²) in [5.74, 6) is 1.84. The van der Waals surface area contributed by atoms with Gasteiger partial charge in [0.15, 0.2) is 0 Å². The summed E-state index contributed by atoms with van der Waals surface area (Å²) in [4.78, 5) is 21.5. The molecule has 1 amide bonds. The van der Waals surface area contributed by atoms with E-state index in [1.165, 1.54) is 0 Å². The second-order valence-electron chi connectivity index (χ2n) is 7.79. The van der Waals surface area contributed by atoms with Crippen LogP contribution in [-0.4, -0.2) is 59.6 Å². The fraction of sp³-hybridized carbons (Fsp3) is 0.778. The molecule has 0 spiro atoms. The normalized spacial score (nSPS) is 23.5. The van der Waals surface area contributed by atoms with E-state index in [0.717, 1.165) is 31.6 Å². The Morgan fingerprint density at radius 1 is 1.25 bits per heavy atom. The third-order valence-corrected chi connectivity index (χ3v) is 4.85. The summed E-state index contributed by atoms with van der Waals surface area (Å²) in [7, 11) is 0. The Bertz CT molecular complexity index is 558. The van der Waals surface area contributed by atoms with Crippen LogP contribution in [0.3, 0.4) is 0 Å². The predicted molar refractivity (Wildman–Crippen MR) is 90.7 cm³/mol. The fourth-order valence-corrected chi connectivity index (χ4v) is 3.36. The molecule has 0 aliphatic carbocycles. The summed E-state index contributed by atoms with van der Waals surface area (Å²) < 4.78 is 11.3. The minimum absolute atomic E-state index is 0.0455. The Labute approximate surface area is 144 Å². The lowest BCUT2D eigenvalue weighted by Crippen LogP contribution is -2.53. The molecular weight excluding hydrogens is 306 g/mol. The number of amides is 1. The lowest BCUT2D eigenvalue weighted by Gasteiger charge is -2.38. The highest BCUT2D eigenvalue weighted by Crippen LogP contribution is 2.25. The number of oxazole rings is 1. The van der Waals surface area contributed by atoms with E-state index in [9.17, 15) is 4.79 Å². The molecule has 6 nitrogen and oxygen atoms in total. The topological polar surface area (TPSA) is 58.8 Å². The number of nitrogens with zero attached hydrogens (tertiary/aromatic N) is 3. The quantitative estimate of drug-likeness (QED) is 0.847. The number of carbonyl (C=O) groups is 1. The van der Waals surface area contributed by atoms with E-state index < -0.39 is 0 Å². The van der Waals surface area contributed by atoms with Gasteiger partial charge in [0.05, 0.1) is 32.0 Å². The molecule has 2 aliphatic rings. The van der Waals surface area contributed by atoms with Crippen LogP contribution in [0.15, 0.2) is 10.6 Å². The van der Waals surface area contributed by atoms with Gasteiger partial charge in [-0.3, -0.25) is 9.69 Å². The Balaban J connectivity index is 1.68. The van der Waals surface area contributed by atoms with Gasteiger partial charge >= 0.3 is 0 Å². The second-order valence-corrected chi connectivity index (χ2v) is 7.79. The maximum Gasteiger partial charge on any atom is 0.240 e. The molecule has 134 valence electrons. The Kier molecular flexibility index (Phi) is 5.25. The van der Waals surface area contributed by atoms with Crippen molar-refractivity contribution in [3.05, 3.63) is 17.8 Å². The van der Waals surface area contributed by atoms with Crippen molar-refractivity contribution in [2.75, 3.05) is 32.8 Å². The zero-order chi connectivity index (χ0) is 17.2. The van der Waals surface area contributed by atoms with E-state index in [1.807, 2.05) is 11.1 Å². The molecule has 0 unspecified atom stereocenters. The Hall–Kier alpha value is -1.40. The smallest absolute Gasteiger partial charge is 0.240 e. The van der Waals surface area contributed by atoms with Gasteiger partial charge in [0, 0.05) is 18.5 Å². The molecule has 0 N–H and O–H groups in total. The molecule has 0 saturated carbocycles. The van der Waals surface area contributed by atoms with Crippen molar-refractivity contribution >= 4 is 5.91 Å². The summed E-state index contributed by atoms with van der Waals surface area (Å²) in [6.45, 7) is 10.6. The van der Waals surface area contributed by atoms with Crippen LogP contribution in [0.25, 0.3) is 0 Å². The first-order chi connectivity index (χ1) is 11.4. The highest BCUT2D eigenvalue weighted by atomic mass is 16.5. The van der Waals surface area contributed by atoms with Gasteiger partial charge < -0.3 is 14.1 Å². The summed E-state index contributed by atoms with van der Waals surface area (Å²) in [5, 5.41) is 0. The standard InChI is InChI=1S/C18H29N3O3/c1-18(2,3)15-12-19-16(24-15)13-21-7-5-4-6-14(21)17(22)20-8-10-23-11-9-20/h12,14H,4-11,13H2,1-3H3/t14-/m0/s1. The van der Waals surface area contributed by atoms with Gasteiger partial charge in [-0.25, -0.2) is 4.98 Å². The number of hydrogen-bond acceptors (Lipinski definition) is 5. The number of piperidine rings is 1. The van der Waals surface area contributed by atoms with Crippen LogP contribution in [0.2, 0.25) is 0 Å². The first-order valence-electron chi connectivity index (χ1n) is 9.01. The second kappa shape index (κ2) is 7.23. The van der Waals surface area contributed by atoms with Gasteiger partial charge in [-0.15, -0.1) is 0 Å². The third kappa shape index (κ3) is 3.98. The molecule has 6 heteroatoms. The van der Waals surface area contributed by atoms with E-state index in [1.54, 1.807) is 0 Å². The summed E-state index contributed by atoms with van der Waals surface area (Å²) in [5.41, 5.74) is -0.0455. The fourth-order valence-electron chi connectivity index (χ4n) is 3.36. The molecule has 2 aliphatic heterocycles. The van der Waals surface area contributed by atoms with Crippen molar-refractivity contribution < 1.29 is 13.9 Å². The SMILES string of the molecule is CC(C)(C)c1cnc(CN2CCCC[C@H]2C(=O)N2CCOCC2)o1. The third-order valence-electron chi connectivity index (χ3n) is 4.85. The van der Waals surface area contributed by atoms with Crippen LogP contribution in [0.5, 0.6) is 0 Å². The van der Waals surface area contributed by atoms with Gasteiger partial charge in [-0.1, -0.05) is 27.2 Å². The van der Waals surface area contributed by atoms with Gasteiger partial charge in [0.25, 0.3) is 0 Å². The molecule has 2 fully saturated rings. The number of hydrogen-bond donors (Lipinski definition) is 0. The average Bonchev–Trinajstić information content (AvgIpc) is 3.04. The van der Waals surface area contributed by atoms with Crippen LogP contribution >= 0.6 is 0 Å². The van der Waals surface area contributed by atoms with Crippen LogP contribution < -0.4 is 0 Å². The Morgan fingerprint density at radius 3 is 2.67 bits per heavy atom. The average molecular weight is 335 g/mol. The van der Waals surface area contributed by atoms with Crippen molar-refractivity contribution in [1.29, 1.82) is 0 Å². The van der Waals surface area contributed by atoms with Crippen molar-refractivity contribution in [2.24, 2.45) is 0 Å². The number of carbonyl (C=O) groups excluding carboxylic acids is 1.